The maximum atomic E-state index is 11.7. The van der Waals surface area contributed by atoms with Crippen molar-refractivity contribution in [3.8, 4) is 11.8 Å². The van der Waals surface area contributed by atoms with Crippen LogP contribution in [0.1, 0.15) is 18.9 Å². The molecule has 0 saturated heterocycles. The molecule has 0 saturated carbocycles. The van der Waals surface area contributed by atoms with E-state index in [4.69, 9.17) is 17.3 Å². The zero-order valence-electron chi connectivity index (χ0n) is 10.0. The first-order valence-electron chi connectivity index (χ1n) is 5.47. The van der Waals surface area contributed by atoms with Gasteiger partial charge in [0.15, 0.2) is 0 Å². The molecule has 1 rings (SSSR count). The Hall–Kier alpha value is -1.22. The topological polar surface area (TPSA) is 72.2 Å². The Balaban J connectivity index is 3.09. The highest BCUT2D eigenvalue weighted by atomic mass is 35.5. The van der Waals surface area contributed by atoms with E-state index >= 15 is 0 Å². The Kier molecular flexibility index (Phi) is 5.48. The SMILES string of the molecule is CCCS(=O)(=O)Nc1ccc(Cl)cc1C#CCN. The molecule has 0 spiro atoms. The van der Waals surface area contributed by atoms with Crippen LogP contribution in [0.4, 0.5) is 5.69 Å². The molecule has 1 aromatic carbocycles. The van der Waals surface area contributed by atoms with E-state index in [0.29, 0.717) is 22.7 Å². The lowest BCUT2D eigenvalue weighted by Crippen LogP contribution is -2.16. The number of benzene rings is 1. The third kappa shape index (κ3) is 4.57. The van der Waals surface area contributed by atoms with E-state index < -0.39 is 10.0 Å². The van der Waals surface area contributed by atoms with Gasteiger partial charge in [-0.15, -0.1) is 0 Å². The lowest BCUT2D eigenvalue weighted by atomic mass is 10.2. The Morgan fingerprint density at radius 2 is 2.17 bits per heavy atom. The predicted octanol–water partition coefficient (Wildman–Crippen LogP) is 1.80. The van der Waals surface area contributed by atoms with Crippen LogP contribution in [0.25, 0.3) is 0 Å². The molecule has 0 aliphatic carbocycles. The number of rotatable bonds is 4. The largest absolute Gasteiger partial charge is 0.320 e. The number of nitrogens with two attached hydrogens (primary N) is 1. The van der Waals surface area contributed by atoms with Crippen molar-refractivity contribution in [2.45, 2.75) is 13.3 Å². The molecular weight excluding hydrogens is 272 g/mol. The molecule has 0 fully saturated rings. The van der Waals surface area contributed by atoms with E-state index in [2.05, 4.69) is 16.6 Å². The molecule has 0 heterocycles. The zero-order chi connectivity index (χ0) is 13.6. The average Bonchev–Trinajstić information content (AvgIpc) is 2.29. The predicted molar refractivity (Wildman–Crippen MR) is 75.1 cm³/mol. The van der Waals surface area contributed by atoms with Crippen LogP contribution < -0.4 is 10.5 Å². The van der Waals surface area contributed by atoms with Gasteiger partial charge < -0.3 is 5.73 Å². The summed E-state index contributed by atoms with van der Waals surface area (Å²) in [6.07, 6.45) is 0.548. The van der Waals surface area contributed by atoms with Crippen LogP contribution in [0.2, 0.25) is 5.02 Å². The monoisotopic (exact) mass is 286 g/mol. The van der Waals surface area contributed by atoms with Crippen molar-refractivity contribution in [3.05, 3.63) is 28.8 Å². The number of sulfonamides is 1. The van der Waals surface area contributed by atoms with E-state index in [0.717, 1.165) is 0 Å². The Bertz CT molecular complexity index is 573. The molecular formula is C12H15ClN2O2S. The van der Waals surface area contributed by atoms with E-state index in [1.165, 1.54) is 0 Å². The summed E-state index contributed by atoms with van der Waals surface area (Å²) in [5.74, 6) is 5.54. The molecule has 0 bridgehead atoms. The van der Waals surface area contributed by atoms with Crippen LogP contribution in [0.5, 0.6) is 0 Å². The molecule has 0 aliphatic heterocycles. The smallest absolute Gasteiger partial charge is 0.232 e. The van der Waals surface area contributed by atoms with Crippen molar-refractivity contribution in [2.24, 2.45) is 5.73 Å². The molecule has 0 amide bonds. The van der Waals surface area contributed by atoms with Crippen molar-refractivity contribution in [2.75, 3.05) is 17.0 Å². The van der Waals surface area contributed by atoms with Gasteiger partial charge in [-0.05, 0) is 24.6 Å². The van der Waals surface area contributed by atoms with E-state index in [-0.39, 0.29) is 12.3 Å². The minimum Gasteiger partial charge on any atom is -0.320 e. The summed E-state index contributed by atoms with van der Waals surface area (Å²) >= 11 is 5.85. The van der Waals surface area contributed by atoms with E-state index in [1.54, 1.807) is 25.1 Å². The standard InChI is InChI=1S/C12H15ClN2O2S/c1-2-8-18(16,17)15-12-6-5-11(13)9-10(12)4-3-7-14/h5-6,9,15H,2,7-8,14H2,1H3. The molecule has 0 aromatic heterocycles. The molecule has 98 valence electrons. The van der Waals surface area contributed by atoms with Crippen LogP contribution in [-0.2, 0) is 10.0 Å². The van der Waals surface area contributed by atoms with Crippen LogP contribution in [0.15, 0.2) is 18.2 Å². The normalized spacial score (nSPS) is 10.6. The lowest BCUT2D eigenvalue weighted by Gasteiger charge is -2.09. The van der Waals surface area contributed by atoms with E-state index in [9.17, 15) is 8.42 Å². The molecule has 6 heteroatoms. The minimum absolute atomic E-state index is 0.0688. The maximum Gasteiger partial charge on any atom is 0.232 e. The third-order valence-electron chi connectivity index (χ3n) is 2.05. The van der Waals surface area contributed by atoms with Gasteiger partial charge >= 0.3 is 0 Å². The highest BCUT2D eigenvalue weighted by molar-refractivity contribution is 7.92. The Morgan fingerprint density at radius 1 is 1.44 bits per heavy atom. The highest BCUT2D eigenvalue weighted by Gasteiger charge is 2.11. The first-order valence-corrected chi connectivity index (χ1v) is 7.50. The van der Waals surface area contributed by atoms with Crippen LogP contribution in [0, 0.1) is 11.8 Å². The second kappa shape index (κ2) is 6.64. The van der Waals surface area contributed by atoms with Gasteiger partial charge in [-0.1, -0.05) is 30.4 Å². The molecule has 4 nitrogen and oxygen atoms in total. The van der Waals surface area contributed by atoms with Gasteiger partial charge in [0.1, 0.15) is 0 Å². The first-order chi connectivity index (χ1) is 8.48. The quantitative estimate of drug-likeness (QED) is 0.829. The molecule has 0 radical (unpaired) electrons. The van der Waals surface area contributed by atoms with Gasteiger partial charge in [0.2, 0.25) is 10.0 Å². The van der Waals surface area contributed by atoms with E-state index in [1.807, 2.05) is 0 Å². The van der Waals surface area contributed by atoms with Crippen molar-refractivity contribution < 1.29 is 8.42 Å². The molecule has 0 unspecified atom stereocenters. The van der Waals surface area contributed by atoms with Gasteiger partial charge in [-0.25, -0.2) is 8.42 Å². The summed E-state index contributed by atoms with van der Waals surface area (Å²) in [4.78, 5) is 0. The van der Waals surface area contributed by atoms with Gasteiger partial charge in [0, 0.05) is 5.02 Å². The highest BCUT2D eigenvalue weighted by Crippen LogP contribution is 2.21. The Morgan fingerprint density at radius 3 is 2.78 bits per heavy atom. The Labute approximate surface area is 113 Å². The van der Waals surface area contributed by atoms with Gasteiger partial charge in [-0.3, -0.25) is 4.72 Å². The number of hydrogen-bond acceptors (Lipinski definition) is 3. The lowest BCUT2D eigenvalue weighted by molar-refractivity contribution is 0.600. The van der Waals surface area contributed by atoms with Gasteiger partial charge in [0.05, 0.1) is 23.5 Å². The van der Waals surface area contributed by atoms with Crippen molar-refractivity contribution >= 4 is 27.3 Å². The number of halogens is 1. The number of hydrogen-bond donors (Lipinski definition) is 2. The number of anilines is 1. The fourth-order valence-corrected chi connectivity index (χ4v) is 2.67. The van der Waals surface area contributed by atoms with Gasteiger partial charge in [-0.2, -0.15) is 0 Å². The summed E-state index contributed by atoms with van der Waals surface area (Å²) in [7, 11) is -3.34. The molecule has 0 aliphatic rings. The third-order valence-corrected chi connectivity index (χ3v) is 3.76. The summed E-state index contributed by atoms with van der Waals surface area (Å²) in [6.45, 7) is 2.00. The molecule has 18 heavy (non-hydrogen) atoms. The van der Waals surface area contributed by atoms with Crippen molar-refractivity contribution in [1.29, 1.82) is 0 Å². The van der Waals surface area contributed by atoms with Crippen LogP contribution in [0.3, 0.4) is 0 Å². The molecule has 1 aromatic rings. The van der Waals surface area contributed by atoms with Crippen LogP contribution >= 0.6 is 11.6 Å². The van der Waals surface area contributed by atoms with Crippen LogP contribution in [-0.4, -0.2) is 20.7 Å². The molecule has 0 atom stereocenters. The summed E-state index contributed by atoms with van der Waals surface area (Å²) in [6, 6.07) is 4.81. The maximum absolute atomic E-state index is 11.7. The summed E-state index contributed by atoms with van der Waals surface area (Å²) in [5.41, 5.74) is 6.24. The van der Waals surface area contributed by atoms with Crippen molar-refractivity contribution in [3.63, 3.8) is 0 Å². The second-order valence-electron chi connectivity index (χ2n) is 3.62. The zero-order valence-corrected chi connectivity index (χ0v) is 11.6. The van der Waals surface area contributed by atoms with Crippen molar-refractivity contribution in [1.82, 2.24) is 0 Å². The fourth-order valence-electron chi connectivity index (χ4n) is 1.34. The van der Waals surface area contributed by atoms with Gasteiger partial charge in [0.25, 0.3) is 0 Å². The summed E-state index contributed by atoms with van der Waals surface area (Å²) in [5, 5.41) is 0.495. The number of nitrogens with one attached hydrogen (secondary N) is 1. The first kappa shape index (κ1) is 14.8. The fraction of sp³-hybridized carbons (Fsp3) is 0.333. The minimum atomic E-state index is -3.34. The second-order valence-corrected chi connectivity index (χ2v) is 5.90. The average molecular weight is 287 g/mol. The summed E-state index contributed by atoms with van der Waals surface area (Å²) < 4.78 is 25.9. The molecule has 3 N–H and O–H groups in total.